The van der Waals surface area contributed by atoms with Crippen molar-refractivity contribution in [1.29, 1.82) is 0 Å². The Labute approximate surface area is 165 Å². The van der Waals surface area contributed by atoms with Crippen molar-refractivity contribution in [2.24, 2.45) is 0 Å². The van der Waals surface area contributed by atoms with E-state index < -0.39 is 5.97 Å². The topological polar surface area (TPSA) is 74.5 Å². The first kappa shape index (κ1) is 18.4. The molecule has 0 N–H and O–H groups in total. The largest absolute Gasteiger partial charge is 0.465 e. The Morgan fingerprint density at radius 3 is 2.07 bits per heavy atom. The molecule has 7 heteroatoms. The maximum atomic E-state index is 13.0. The monoisotopic (exact) mass is 390 g/mol. The molecule has 0 atom stereocenters. The number of ether oxygens (including phenoxy) is 2. The molecule has 29 heavy (non-hydrogen) atoms. The van der Waals surface area contributed by atoms with E-state index in [9.17, 15) is 9.18 Å². The van der Waals surface area contributed by atoms with Crippen molar-refractivity contribution < 1.29 is 23.2 Å². The van der Waals surface area contributed by atoms with Crippen molar-refractivity contribution in [1.82, 2.24) is 10.1 Å². The lowest BCUT2D eigenvalue weighted by atomic mass is 10.1. The molecule has 6 nitrogen and oxygen atoms in total. The van der Waals surface area contributed by atoms with E-state index >= 15 is 0 Å². The third kappa shape index (κ3) is 4.14. The fourth-order valence-corrected chi connectivity index (χ4v) is 2.64. The number of esters is 1. The Kier molecular flexibility index (Phi) is 5.03. The lowest BCUT2D eigenvalue weighted by Crippen LogP contribution is -2.00. The molecule has 0 unspecified atom stereocenters. The van der Waals surface area contributed by atoms with E-state index in [1.165, 1.54) is 19.2 Å². The van der Waals surface area contributed by atoms with Crippen LogP contribution in [-0.2, 0) is 4.74 Å². The van der Waals surface area contributed by atoms with Crippen LogP contribution < -0.4 is 4.74 Å². The van der Waals surface area contributed by atoms with Gasteiger partial charge in [0.2, 0.25) is 5.82 Å². The molecule has 0 aliphatic rings. The van der Waals surface area contributed by atoms with Gasteiger partial charge in [-0.1, -0.05) is 5.16 Å². The van der Waals surface area contributed by atoms with Crippen LogP contribution in [-0.4, -0.2) is 23.2 Å². The minimum atomic E-state index is -0.411. The molecule has 4 rings (SSSR count). The molecule has 0 saturated carbocycles. The van der Waals surface area contributed by atoms with Gasteiger partial charge < -0.3 is 14.0 Å². The molecule has 0 radical (unpaired) electrons. The minimum Gasteiger partial charge on any atom is -0.465 e. The van der Waals surface area contributed by atoms with Gasteiger partial charge in [-0.3, -0.25) is 0 Å². The molecule has 0 fully saturated rings. The Morgan fingerprint density at radius 1 is 0.862 bits per heavy atom. The highest BCUT2D eigenvalue weighted by Crippen LogP contribution is 2.26. The van der Waals surface area contributed by atoms with E-state index in [1.54, 1.807) is 60.7 Å². The number of hydrogen-bond acceptors (Lipinski definition) is 6. The lowest BCUT2D eigenvalue weighted by Gasteiger charge is -2.05. The molecular formula is C22H15FN2O4. The van der Waals surface area contributed by atoms with Crippen molar-refractivity contribution in [3.05, 3.63) is 84.2 Å². The molecule has 0 amide bonds. The predicted molar refractivity (Wildman–Crippen MR) is 103 cm³/mol. The standard InChI is InChI=1S/C22H15FN2O4/c1-27-22(26)16-4-2-15(3-5-16)21-24-20(25-29-21)14-6-10-18(11-7-14)28-19-12-8-17(23)9-13-19/h2-13H,1H3. The summed E-state index contributed by atoms with van der Waals surface area (Å²) in [5.41, 5.74) is 1.87. The van der Waals surface area contributed by atoms with Crippen molar-refractivity contribution in [3.8, 4) is 34.3 Å². The number of methoxy groups -OCH3 is 1. The van der Waals surface area contributed by atoms with Crippen LogP contribution in [0.4, 0.5) is 4.39 Å². The van der Waals surface area contributed by atoms with Gasteiger partial charge in [0, 0.05) is 11.1 Å². The average molecular weight is 390 g/mol. The molecule has 4 aromatic rings. The molecule has 144 valence electrons. The van der Waals surface area contributed by atoms with Gasteiger partial charge >= 0.3 is 5.97 Å². The highest BCUT2D eigenvalue weighted by Gasteiger charge is 2.12. The molecule has 1 aromatic heterocycles. The lowest BCUT2D eigenvalue weighted by molar-refractivity contribution is 0.0600. The fourth-order valence-electron chi connectivity index (χ4n) is 2.64. The molecule has 0 bridgehead atoms. The van der Waals surface area contributed by atoms with Gasteiger partial charge in [0.15, 0.2) is 0 Å². The summed E-state index contributed by atoms with van der Waals surface area (Å²) < 4.78 is 28.6. The molecule has 0 aliphatic carbocycles. The maximum absolute atomic E-state index is 13.0. The smallest absolute Gasteiger partial charge is 0.337 e. The first-order valence-electron chi connectivity index (χ1n) is 8.69. The number of benzene rings is 3. The van der Waals surface area contributed by atoms with E-state index in [4.69, 9.17) is 9.26 Å². The number of hydrogen-bond donors (Lipinski definition) is 0. The van der Waals surface area contributed by atoms with Crippen LogP contribution in [0.3, 0.4) is 0 Å². The molecule has 3 aromatic carbocycles. The van der Waals surface area contributed by atoms with Gasteiger partial charge in [0.1, 0.15) is 17.3 Å². The second-order valence-corrected chi connectivity index (χ2v) is 6.07. The third-order valence-electron chi connectivity index (χ3n) is 4.14. The van der Waals surface area contributed by atoms with Crippen molar-refractivity contribution in [3.63, 3.8) is 0 Å². The summed E-state index contributed by atoms with van der Waals surface area (Å²) in [4.78, 5) is 15.9. The highest BCUT2D eigenvalue weighted by atomic mass is 19.1. The molecule has 1 heterocycles. The Morgan fingerprint density at radius 2 is 1.45 bits per heavy atom. The molecular weight excluding hydrogens is 375 g/mol. The first-order chi connectivity index (χ1) is 14.1. The third-order valence-corrected chi connectivity index (χ3v) is 4.14. The summed E-state index contributed by atoms with van der Waals surface area (Å²) in [5, 5.41) is 4.00. The van der Waals surface area contributed by atoms with Gasteiger partial charge in [0.25, 0.3) is 5.89 Å². The number of carbonyl (C=O) groups excluding carboxylic acids is 1. The summed E-state index contributed by atoms with van der Waals surface area (Å²) in [6.07, 6.45) is 0. The van der Waals surface area contributed by atoms with Gasteiger partial charge in [-0.2, -0.15) is 4.98 Å². The van der Waals surface area contributed by atoms with Crippen LogP contribution in [0.2, 0.25) is 0 Å². The van der Waals surface area contributed by atoms with Gasteiger partial charge in [0.05, 0.1) is 12.7 Å². The highest BCUT2D eigenvalue weighted by molar-refractivity contribution is 5.89. The van der Waals surface area contributed by atoms with Gasteiger partial charge in [-0.05, 0) is 72.8 Å². The first-order valence-corrected chi connectivity index (χ1v) is 8.69. The molecule has 0 aliphatic heterocycles. The SMILES string of the molecule is COC(=O)c1ccc(-c2nc(-c3ccc(Oc4ccc(F)cc4)cc3)no2)cc1. The molecule has 0 spiro atoms. The summed E-state index contributed by atoms with van der Waals surface area (Å²) >= 11 is 0. The van der Waals surface area contributed by atoms with Gasteiger partial charge in [-0.15, -0.1) is 0 Å². The van der Waals surface area contributed by atoms with E-state index in [-0.39, 0.29) is 5.82 Å². The second kappa shape index (κ2) is 7.93. The Bertz CT molecular complexity index is 1120. The number of aromatic nitrogens is 2. The zero-order chi connectivity index (χ0) is 20.2. The maximum Gasteiger partial charge on any atom is 0.337 e. The van der Waals surface area contributed by atoms with Crippen LogP contribution in [0.1, 0.15) is 10.4 Å². The minimum absolute atomic E-state index is 0.319. The zero-order valence-electron chi connectivity index (χ0n) is 15.3. The van der Waals surface area contributed by atoms with E-state index in [0.29, 0.717) is 34.3 Å². The number of carbonyl (C=O) groups is 1. The van der Waals surface area contributed by atoms with E-state index in [0.717, 1.165) is 5.56 Å². The van der Waals surface area contributed by atoms with Crippen molar-refractivity contribution in [2.75, 3.05) is 7.11 Å². The quantitative estimate of drug-likeness (QED) is 0.440. The van der Waals surface area contributed by atoms with E-state index in [1.807, 2.05) is 0 Å². The number of halogens is 1. The Hall–Kier alpha value is -4.00. The summed E-state index contributed by atoms with van der Waals surface area (Å²) in [6.45, 7) is 0. The summed E-state index contributed by atoms with van der Waals surface area (Å²) in [5.74, 6) is 1.17. The van der Waals surface area contributed by atoms with Crippen molar-refractivity contribution in [2.45, 2.75) is 0 Å². The average Bonchev–Trinajstić information content (AvgIpc) is 3.26. The van der Waals surface area contributed by atoms with Crippen LogP contribution in [0.5, 0.6) is 11.5 Å². The molecule has 0 saturated heterocycles. The van der Waals surface area contributed by atoms with Crippen LogP contribution in [0.25, 0.3) is 22.8 Å². The fraction of sp³-hybridized carbons (Fsp3) is 0.0455. The van der Waals surface area contributed by atoms with Crippen LogP contribution in [0, 0.1) is 5.82 Å². The Balaban J connectivity index is 1.49. The van der Waals surface area contributed by atoms with Crippen LogP contribution >= 0.6 is 0 Å². The summed E-state index contributed by atoms with van der Waals surface area (Å²) in [6, 6.07) is 19.6. The van der Waals surface area contributed by atoms with Crippen LogP contribution in [0.15, 0.2) is 77.3 Å². The van der Waals surface area contributed by atoms with Crippen molar-refractivity contribution >= 4 is 5.97 Å². The zero-order valence-corrected chi connectivity index (χ0v) is 15.3. The predicted octanol–water partition coefficient (Wildman–Crippen LogP) is 5.12. The van der Waals surface area contributed by atoms with E-state index in [2.05, 4.69) is 14.9 Å². The number of rotatable bonds is 5. The summed E-state index contributed by atoms with van der Waals surface area (Å²) in [7, 11) is 1.33. The second-order valence-electron chi connectivity index (χ2n) is 6.07. The normalized spacial score (nSPS) is 10.6. The number of nitrogens with zero attached hydrogens (tertiary/aromatic N) is 2. The van der Waals surface area contributed by atoms with Gasteiger partial charge in [-0.25, -0.2) is 9.18 Å².